The summed E-state index contributed by atoms with van der Waals surface area (Å²) in [6.07, 6.45) is 0. The maximum absolute atomic E-state index is 13.7. The first-order valence-corrected chi connectivity index (χ1v) is 9.84. The summed E-state index contributed by atoms with van der Waals surface area (Å²) in [5.41, 5.74) is 2.63. The summed E-state index contributed by atoms with van der Waals surface area (Å²) >= 11 is 0. The number of nitrogens with zero attached hydrogens (tertiary/aromatic N) is 3. The number of carbonyl (C=O) groups is 1. The molecule has 162 valence electrons. The molecule has 0 atom stereocenters. The maximum atomic E-state index is 13.7. The van der Waals surface area contributed by atoms with Crippen LogP contribution in [-0.4, -0.2) is 56.5 Å². The first-order chi connectivity index (χ1) is 14.1. The van der Waals surface area contributed by atoms with Crippen LogP contribution in [0.1, 0.15) is 11.1 Å². The van der Waals surface area contributed by atoms with Gasteiger partial charge in [0.25, 0.3) is 0 Å². The van der Waals surface area contributed by atoms with Crippen molar-refractivity contribution in [2.45, 2.75) is 13.5 Å². The number of aliphatic imine (C=N–C) groups is 1. The van der Waals surface area contributed by atoms with E-state index in [0.717, 1.165) is 18.7 Å². The van der Waals surface area contributed by atoms with Crippen LogP contribution in [-0.2, 0) is 11.3 Å². The summed E-state index contributed by atoms with van der Waals surface area (Å²) in [5.74, 6) is 0.335. The Morgan fingerprint density at radius 2 is 1.77 bits per heavy atom. The minimum absolute atomic E-state index is 0. The van der Waals surface area contributed by atoms with E-state index in [4.69, 9.17) is 0 Å². The Morgan fingerprint density at radius 3 is 2.40 bits per heavy atom. The molecule has 0 spiro atoms. The highest BCUT2D eigenvalue weighted by molar-refractivity contribution is 14.0. The summed E-state index contributed by atoms with van der Waals surface area (Å²) in [5, 5.41) is 6.16. The molecular formula is C22H29FIN5O. The van der Waals surface area contributed by atoms with E-state index in [9.17, 15) is 9.18 Å². The number of nitrogens with one attached hydrogen (secondary N) is 2. The molecule has 3 rings (SSSR count). The summed E-state index contributed by atoms with van der Waals surface area (Å²) in [7, 11) is 1.65. The van der Waals surface area contributed by atoms with Gasteiger partial charge >= 0.3 is 0 Å². The molecule has 2 aromatic carbocycles. The minimum Gasteiger partial charge on any atom is -0.368 e. The first-order valence-electron chi connectivity index (χ1n) is 9.84. The van der Waals surface area contributed by atoms with Crippen LogP contribution in [0.5, 0.6) is 0 Å². The summed E-state index contributed by atoms with van der Waals surface area (Å²) < 4.78 is 13.7. The lowest BCUT2D eigenvalue weighted by Gasteiger charge is -2.36. The number of benzene rings is 2. The van der Waals surface area contributed by atoms with Gasteiger partial charge in [0.05, 0.1) is 6.54 Å². The van der Waals surface area contributed by atoms with E-state index < -0.39 is 0 Å². The van der Waals surface area contributed by atoms with Crippen LogP contribution in [0.2, 0.25) is 0 Å². The monoisotopic (exact) mass is 525 g/mol. The summed E-state index contributed by atoms with van der Waals surface area (Å²) in [4.78, 5) is 20.8. The number of para-hydroxylation sites is 1. The van der Waals surface area contributed by atoms with E-state index >= 15 is 0 Å². The molecule has 0 aliphatic carbocycles. The first kappa shape index (κ1) is 23.9. The van der Waals surface area contributed by atoms with Crippen molar-refractivity contribution in [3.8, 4) is 0 Å². The second-order valence-electron chi connectivity index (χ2n) is 7.07. The predicted molar refractivity (Wildman–Crippen MR) is 130 cm³/mol. The second-order valence-corrected chi connectivity index (χ2v) is 7.07. The molecule has 1 amide bonds. The van der Waals surface area contributed by atoms with Crippen molar-refractivity contribution in [2.24, 2.45) is 4.99 Å². The maximum Gasteiger partial charge on any atom is 0.242 e. The topological polar surface area (TPSA) is 60.0 Å². The van der Waals surface area contributed by atoms with E-state index in [0.29, 0.717) is 31.2 Å². The lowest BCUT2D eigenvalue weighted by Crippen LogP contribution is -2.52. The average Bonchev–Trinajstić information content (AvgIpc) is 2.76. The molecule has 1 heterocycles. The van der Waals surface area contributed by atoms with Gasteiger partial charge in [0.15, 0.2) is 5.96 Å². The Morgan fingerprint density at radius 1 is 1.07 bits per heavy atom. The largest absolute Gasteiger partial charge is 0.368 e. The Balaban J connectivity index is 0.00000320. The SMILES string of the molecule is CN=C(NCC(=O)N1CCN(c2ccccc2)CC1)NCc1ccc(C)c(F)c1.I. The molecule has 8 heteroatoms. The number of rotatable bonds is 5. The zero-order chi connectivity index (χ0) is 20.6. The standard InChI is InChI=1S/C22H28FN5O.HI/c1-17-8-9-18(14-20(17)23)15-25-22(24-2)26-16-21(29)28-12-10-27(11-13-28)19-6-4-3-5-7-19;/h3-9,14H,10-13,15-16H2,1-2H3,(H2,24,25,26);1H. The van der Waals surface area contributed by atoms with Crippen LogP contribution in [0.3, 0.4) is 0 Å². The van der Waals surface area contributed by atoms with Gasteiger partial charge in [-0.2, -0.15) is 0 Å². The average molecular weight is 525 g/mol. The van der Waals surface area contributed by atoms with Crippen molar-refractivity contribution in [1.29, 1.82) is 0 Å². The number of aryl methyl sites for hydroxylation is 1. The fraction of sp³-hybridized carbons (Fsp3) is 0.364. The minimum atomic E-state index is -0.225. The highest BCUT2D eigenvalue weighted by Crippen LogP contribution is 2.15. The van der Waals surface area contributed by atoms with Gasteiger partial charge < -0.3 is 20.4 Å². The third-order valence-electron chi connectivity index (χ3n) is 5.08. The van der Waals surface area contributed by atoms with Gasteiger partial charge in [-0.3, -0.25) is 9.79 Å². The summed E-state index contributed by atoms with van der Waals surface area (Å²) in [6.45, 7) is 5.38. The van der Waals surface area contributed by atoms with Crippen LogP contribution in [0.25, 0.3) is 0 Å². The molecule has 1 saturated heterocycles. The lowest BCUT2D eigenvalue weighted by molar-refractivity contribution is -0.130. The fourth-order valence-electron chi connectivity index (χ4n) is 3.28. The van der Waals surface area contributed by atoms with Crippen LogP contribution in [0.4, 0.5) is 10.1 Å². The van der Waals surface area contributed by atoms with Crippen molar-refractivity contribution in [1.82, 2.24) is 15.5 Å². The Bertz CT molecular complexity index is 854. The molecule has 0 unspecified atom stereocenters. The van der Waals surface area contributed by atoms with Crippen LogP contribution < -0.4 is 15.5 Å². The third kappa shape index (κ3) is 6.58. The Hall–Kier alpha value is -2.36. The number of amides is 1. The number of hydrogen-bond donors (Lipinski definition) is 2. The predicted octanol–water partition coefficient (Wildman–Crippen LogP) is 2.77. The molecule has 0 radical (unpaired) electrons. The molecule has 0 aromatic heterocycles. The molecule has 1 fully saturated rings. The fourth-order valence-corrected chi connectivity index (χ4v) is 3.28. The van der Waals surface area contributed by atoms with E-state index in [2.05, 4.69) is 32.7 Å². The van der Waals surface area contributed by atoms with Crippen molar-refractivity contribution in [2.75, 3.05) is 44.7 Å². The van der Waals surface area contributed by atoms with Crippen LogP contribution in [0, 0.1) is 12.7 Å². The number of guanidine groups is 1. The van der Waals surface area contributed by atoms with Crippen molar-refractivity contribution < 1.29 is 9.18 Å². The van der Waals surface area contributed by atoms with Gasteiger partial charge in [-0.05, 0) is 36.2 Å². The number of anilines is 1. The Kier molecular flexibility index (Phi) is 9.35. The van der Waals surface area contributed by atoms with Crippen LogP contribution in [0.15, 0.2) is 53.5 Å². The van der Waals surface area contributed by atoms with Crippen molar-refractivity contribution in [3.63, 3.8) is 0 Å². The van der Waals surface area contributed by atoms with E-state index in [1.54, 1.807) is 20.0 Å². The normalized spacial score (nSPS) is 14.2. The molecule has 2 N–H and O–H groups in total. The molecule has 1 aliphatic heterocycles. The highest BCUT2D eigenvalue weighted by Gasteiger charge is 2.21. The molecular weight excluding hydrogens is 496 g/mol. The van der Waals surface area contributed by atoms with Gasteiger partial charge in [0, 0.05) is 45.5 Å². The molecule has 6 nitrogen and oxygen atoms in total. The molecule has 0 saturated carbocycles. The molecule has 2 aromatic rings. The third-order valence-corrected chi connectivity index (χ3v) is 5.08. The molecule has 0 bridgehead atoms. The van der Waals surface area contributed by atoms with E-state index in [1.807, 2.05) is 29.2 Å². The van der Waals surface area contributed by atoms with Gasteiger partial charge in [0.2, 0.25) is 5.91 Å². The zero-order valence-electron chi connectivity index (χ0n) is 17.4. The molecule has 1 aliphatic rings. The van der Waals surface area contributed by atoms with Crippen molar-refractivity contribution in [3.05, 3.63) is 65.5 Å². The van der Waals surface area contributed by atoms with E-state index in [1.165, 1.54) is 11.8 Å². The second kappa shape index (κ2) is 11.7. The number of hydrogen-bond acceptors (Lipinski definition) is 3. The zero-order valence-corrected chi connectivity index (χ0v) is 19.7. The molecule has 30 heavy (non-hydrogen) atoms. The van der Waals surface area contributed by atoms with Gasteiger partial charge in [-0.25, -0.2) is 4.39 Å². The lowest BCUT2D eigenvalue weighted by atomic mass is 10.1. The number of piperazine rings is 1. The number of carbonyl (C=O) groups excluding carboxylic acids is 1. The Labute approximate surface area is 194 Å². The van der Waals surface area contributed by atoms with Crippen LogP contribution >= 0.6 is 24.0 Å². The van der Waals surface area contributed by atoms with Crippen molar-refractivity contribution >= 4 is 41.5 Å². The number of halogens is 2. The smallest absolute Gasteiger partial charge is 0.242 e. The highest BCUT2D eigenvalue weighted by atomic mass is 127. The van der Waals surface area contributed by atoms with E-state index in [-0.39, 0.29) is 42.2 Å². The van der Waals surface area contributed by atoms with Gasteiger partial charge in [-0.1, -0.05) is 30.3 Å². The van der Waals surface area contributed by atoms with Gasteiger partial charge in [0.1, 0.15) is 5.82 Å². The van der Waals surface area contributed by atoms with Gasteiger partial charge in [-0.15, -0.1) is 24.0 Å². The summed E-state index contributed by atoms with van der Waals surface area (Å²) in [6, 6.07) is 15.4. The quantitative estimate of drug-likeness (QED) is 0.358.